The predicted octanol–water partition coefficient (Wildman–Crippen LogP) is 2.14. The molecule has 41 heavy (non-hydrogen) atoms. The number of hydrogen-bond acceptors (Lipinski definition) is 8. The SMILES string of the molecule is CCC.NC(=O)NCCCC(NC(=O)CN[C-]=O)c1ccc(COc2ccc(N=O)cc2)cc1.NC=O.O=CO.[Fm]. The topological polar surface area (TPSA) is 232 Å². The van der Waals surface area contributed by atoms with Gasteiger partial charge < -0.3 is 42.1 Å². The summed E-state index contributed by atoms with van der Waals surface area (Å²) in [5.41, 5.74) is 11.3. The zero-order chi connectivity index (χ0) is 30.6. The van der Waals surface area contributed by atoms with Crippen LogP contribution in [0.2, 0.25) is 0 Å². The van der Waals surface area contributed by atoms with Gasteiger partial charge >= 0.3 is 6.03 Å². The molecule has 232 valence electrons. The maximum absolute atomic E-state index is 12.0. The maximum Gasteiger partial charge on any atom is 0.312 e. The third kappa shape index (κ3) is 21.8. The Hall–Kier alpha value is -6.01. The number of rotatable bonds is 13. The van der Waals surface area contributed by atoms with Crippen LogP contribution in [0.1, 0.15) is 50.3 Å². The van der Waals surface area contributed by atoms with E-state index in [1.165, 1.54) is 12.8 Å². The molecule has 0 aromatic heterocycles. The van der Waals surface area contributed by atoms with E-state index in [4.69, 9.17) is 25.2 Å². The molecule has 2 aromatic rings. The molecule has 0 aliphatic rings. The van der Waals surface area contributed by atoms with Crippen LogP contribution in [0.5, 0.6) is 5.75 Å². The van der Waals surface area contributed by atoms with Crippen molar-refractivity contribution < 1.29 is 33.8 Å². The first-order chi connectivity index (χ1) is 19.3. The molecule has 0 aliphatic carbocycles. The van der Waals surface area contributed by atoms with Crippen LogP contribution in [-0.2, 0) is 25.8 Å². The molecule has 1 unspecified atom stereocenters. The fourth-order valence-electron chi connectivity index (χ4n) is 2.82. The van der Waals surface area contributed by atoms with Crippen molar-refractivity contribution in [1.29, 1.82) is 0 Å². The number of benzene rings is 2. The minimum atomic E-state index is -0.604. The van der Waals surface area contributed by atoms with Crippen LogP contribution >= 0.6 is 0 Å². The molecule has 0 heterocycles. The molecule has 5 amide bonds. The molecule has 2 rings (SSSR count). The molecule has 15 heteroatoms. The summed E-state index contributed by atoms with van der Waals surface area (Å²) in [6.07, 6.45) is 4.12. The van der Waals surface area contributed by atoms with Gasteiger partial charge in [0.2, 0.25) is 12.3 Å². The maximum atomic E-state index is 12.0. The normalized spacial score (nSPS) is 9.41. The van der Waals surface area contributed by atoms with E-state index < -0.39 is 6.03 Å². The van der Waals surface area contributed by atoms with Crippen molar-refractivity contribution in [2.75, 3.05) is 13.1 Å². The molecule has 14 nitrogen and oxygen atoms in total. The third-order valence-electron chi connectivity index (χ3n) is 4.35. The molecule has 1 atom stereocenters. The Morgan fingerprint density at radius 1 is 1.10 bits per heavy atom. The largest absolute Gasteiger partial charge is 0.522 e. The monoisotopic (exact) mass is 818 g/mol. The number of nitrogens with two attached hydrogens (primary N) is 2. The molecule has 2 aromatic carbocycles. The summed E-state index contributed by atoms with van der Waals surface area (Å²) in [4.78, 5) is 60.5. The summed E-state index contributed by atoms with van der Waals surface area (Å²) in [5, 5.41) is 17.3. The fraction of sp³-hybridized carbons (Fsp3) is 0.346. The number of carbonyl (C=O) groups excluding carboxylic acids is 4. The van der Waals surface area contributed by atoms with Crippen molar-refractivity contribution in [3.05, 3.63) is 64.6 Å². The second-order valence-electron chi connectivity index (χ2n) is 7.57. The number of nitroso groups, excluding NO2 is 1. The van der Waals surface area contributed by atoms with E-state index in [1.807, 2.05) is 24.3 Å². The third-order valence-corrected chi connectivity index (χ3v) is 4.35. The van der Waals surface area contributed by atoms with Crippen LogP contribution in [0.3, 0.4) is 0 Å². The van der Waals surface area contributed by atoms with Crippen molar-refractivity contribution in [2.45, 2.75) is 45.8 Å². The molecule has 0 fully saturated rings. The van der Waals surface area contributed by atoms with Crippen LogP contribution in [0.25, 0.3) is 0 Å². The number of hydrogen-bond donors (Lipinski definition) is 6. The first-order valence-corrected chi connectivity index (χ1v) is 12.1. The van der Waals surface area contributed by atoms with Gasteiger partial charge in [0.25, 0.3) is 6.47 Å². The summed E-state index contributed by atoms with van der Waals surface area (Å²) >= 11 is 0. The zero-order valence-corrected chi connectivity index (χ0v) is 25.2. The Labute approximate surface area is 232 Å². The molecule has 0 saturated heterocycles. The summed E-state index contributed by atoms with van der Waals surface area (Å²) in [7, 11) is 0. The van der Waals surface area contributed by atoms with Gasteiger partial charge in [-0.1, -0.05) is 44.5 Å². The van der Waals surface area contributed by atoms with Crippen molar-refractivity contribution >= 4 is 36.9 Å². The number of primary amides is 2. The predicted molar refractivity (Wildman–Crippen MR) is 149 cm³/mol. The minimum absolute atomic E-state index is 0. The number of nitrogens with zero attached hydrogens (tertiary/aromatic N) is 1. The molecule has 0 radical (unpaired) electrons. The molecular weight excluding hydrogens is 781 g/mol. The van der Waals surface area contributed by atoms with Gasteiger partial charge in [-0.3, -0.25) is 14.4 Å². The number of carboxylic acid groups (broad SMARTS) is 1. The Kier molecular flexibility index (Phi) is 26.0. The Morgan fingerprint density at radius 2 is 1.63 bits per heavy atom. The summed E-state index contributed by atoms with van der Waals surface area (Å²) < 4.78 is 5.69. The second-order valence-corrected chi connectivity index (χ2v) is 7.57. The van der Waals surface area contributed by atoms with Crippen LogP contribution in [-0.4, -0.2) is 49.4 Å². The van der Waals surface area contributed by atoms with Crippen molar-refractivity contribution in [2.24, 2.45) is 16.6 Å². The van der Waals surface area contributed by atoms with Gasteiger partial charge in [-0.2, -0.15) is 6.41 Å². The van der Waals surface area contributed by atoms with Crippen molar-refractivity contribution in [3.63, 3.8) is 0 Å². The number of amides is 5. The van der Waals surface area contributed by atoms with Crippen molar-refractivity contribution in [3.8, 4) is 5.75 Å². The van der Waals surface area contributed by atoms with E-state index in [2.05, 4.69) is 40.7 Å². The van der Waals surface area contributed by atoms with E-state index in [9.17, 15) is 19.3 Å². The first kappa shape index (κ1) is 39.5. The van der Waals surface area contributed by atoms with E-state index in [0.29, 0.717) is 37.4 Å². The van der Waals surface area contributed by atoms with Gasteiger partial charge in [0.15, 0.2) is 0 Å². The number of carbonyl (C=O) groups is 4. The van der Waals surface area contributed by atoms with Gasteiger partial charge in [0.1, 0.15) is 18.0 Å². The summed E-state index contributed by atoms with van der Waals surface area (Å²) in [5.74, 6) is 0.264. The molecule has 0 bridgehead atoms. The summed E-state index contributed by atoms with van der Waals surface area (Å²) in [6.45, 7) is 4.53. The molecule has 0 spiro atoms. The zero-order valence-electron chi connectivity index (χ0n) is 22.8. The van der Waals surface area contributed by atoms with Crippen LogP contribution in [0, 0.1) is 4.91 Å². The van der Waals surface area contributed by atoms with Gasteiger partial charge in [-0.15, -0.1) is 4.91 Å². The molecular formula is C26H37FmN6O8-. The van der Waals surface area contributed by atoms with E-state index in [0.717, 1.165) is 11.1 Å². The Balaban J connectivity index is -0.00000128. The molecule has 0 aliphatic heterocycles. The van der Waals surface area contributed by atoms with E-state index in [-0.39, 0.29) is 31.4 Å². The molecule has 8 N–H and O–H groups in total. The quantitative estimate of drug-likeness (QED) is 0.0575. The van der Waals surface area contributed by atoms with Crippen molar-refractivity contribution in [1.82, 2.24) is 16.0 Å². The van der Waals surface area contributed by atoms with Gasteiger partial charge in [-0.25, -0.2) is 4.79 Å². The van der Waals surface area contributed by atoms with Gasteiger partial charge in [-0.05, 0) is 53.4 Å². The number of ether oxygens (including phenoxy) is 1. The van der Waals surface area contributed by atoms with E-state index >= 15 is 0 Å². The minimum Gasteiger partial charge on any atom is -0.522 e. The van der Waals surface area contributed by atoms with E-state index in [1.54, 1.807) is 24.3 Å². The Bertz CT molecular complexity index is 988. The standard InChI is InChI=1S/C21H24N5O5.C3H8.CH3NO.CH2O2.Fm/c22-21(29)24-11-1-2-19(25-20(28)12-23-14-27)16-5-3-15(4-6-16)13-31-18-9-7-17(26-30)8-10-18;1-3-2;2*2-1-3;/h3-10,19H,1-2,11-13H2,(H,23,27)(H,25,28)(H3,22,24,29);3H2,1-2H3;1H,(H2,2,3);1H,(H,2,3);/q-1;;;;. The van der Waals surface area contributed by atoms with Crippen LogP contribution < -0.4 is 32.2 Å². The Morgan fingerprint density at radius 3 is 2.10 bits per heavy atom. The average Bonchev–Trinajstić information content (AvgIpc) is 2.94. The fourth-order valence-corrected chi connectivity index (χ4v) is 2.82. The number of nitrogens with one attached hydrogen (secondary N) is 3. The van der Waals surface area contributed by atoms with Crippen LogP contribution in [0.4, 0.5) is 10.5 Å². The second kappa shape index (κ2) is 27.0. The summed E-state index contributed by atoms with van der Waals surface area (Å²) in [6, 6.07) is 13.1. The number of urea groups is 1. The van der Waals surface area contributed by atoms with Gasteiger partial charge in [0, 0.05) is 6.54 Å². The average molecular weight is 819 g/mol. The molecule has 0 saturated carbocycles. The van der Waals surface area contributed by atoms with Crippen LogP contribution in [0.15, 0.2) is 53.7 Å². The smallest absolute Gasteiger partial charge is 0.312 e. The van der Waals surface area contributed by atoms with Gasteiger partial charge in [0.05, 0.1) is 12.6 Å². The first-order valence-electron chi connectivity index (χ1n) is 12.1.